The van der Waals surface area contributed by atoms with Crippen LogP contribution < -0.4 is 5.32 Å². The van der Waals surface area contributed by atoms with Gasteiger partial charge < -0.3 is 19.9 Å². The summed E-state index contributed by atoms with van der Waals surface area (Å²) < 4.78 is 5.34. The summed E-state index contributed by atoms with van der Waals surface area (Å²) in [6.07, 6.45) is 7.37. The molecule has 0 aromatic rings. The molecule has 140 valence electrons. The van der Waals surface area contributed by atoms with Crippen molar-refractivity contribution in [1.29, 1.82) is 0 Å². The van der Waals surface area contributed by atoms with Crippen LogP contribution in [0.1, 0.15) is 44.9 Å². The van der Waals surface area contributed by atoms with E-state index in [1.54, 1.807) is 0 Å². The van der Waals surface area contributed by atoms with E-state index >= 15 is 0 Å². The maximum atomic E-state index is 12.8. The lowest BCUT2D eigenvalue weighted by molar-refractivity contribution is -0.144. The third-order valence-corrected chi connectivity index (χ3v) is 6.48. The lowest BCUT2D eigenvalue weighted by Crippen LogP contribution is -2.50. The number of likely N-dealkylation sites (tertiary alicyclic amines) is 1. The molecule has 4 rings (SSSR count). The lowest BCUT2D eigenvalue weighted by atomic mass is 9.88. The van der Waals surface area contributed by atoms with Gasteiger partial charge >= 0.3 is 0 Å². The first-order valence-corrected chi connectivity index (χ1v) is 10.1. The van der Waals surface area contributed by atoms with E-state index in [1.807, 2.05) is 9.80 Å². The van der Waals surface area contributed by atoms with E-state index in [0.717, 1.165) is 32.2 Å². The quantitative estimate of drug-likeness (QED) is 0.826. The Morgan fingerprint density at radius 2 is 1.68 bits per heavy atom. The van der Waals surface area contributed by atoms with Crippen molar-refractivity contribution in [3.05, 3.63) is 0 Å². The van der Waals surface area contributed by atoms with Gasteiger partial charge in [0.1, 0.15) is 0 Å². The molecule has 4 aliphatic heterocycles. The fraction of sp³-hybridized carbons (Fsp3) is 0.895. The Bertz CT molecular complexity index is 494. The second-order valence-electron chi connectivity index (χ2n) is 8.30. The van der Waals surface area contributed by atoms with Gasteiger partial charge in [-0.15, -0.1) is 0 Å². The molecule has 0 spiro atoms. The van der Waals surface area contributed by atoms with E-state index in [9.17, 15) is 9.59 Å². The predicted molar refractivity (Wildman–Crippen MR) is 94.0 cm³/mol. The Hall–Kier alpha value is -1.14. The number of nitrogens with zero attached hydrogens (tertiary/aromatic N) is 2. The third kappa shape index (κ3) is 4.00. The van der Waals surface area contributed by atoms with Crippen LogP contribution in [0.25, 0.3) is 0 Å². The van der Waals surface area contributed by atoms with Crippen molar-refractivity contribution in [3.63, 3.8) is 0 Å². The normalized spacial score (nSPS) is 35.7. The molecule has 2 amide bonds. The summed E-state index contributed by atoms with van der Waals surface area (Å²) in [5.74, 6) is 1.01. The molecule has 0 saturated carbocycles. The Balaban J connectivity index is 1.29. The summed E-state index contributed by atoms with van der Waals surface area (Å²) in [4.78, 5) is 29.4. The van der Waals surface area contributed by atoms with E-state index in [1.165, 1.54) is 12.8 Å². The monoisotopic (exact) mass is 349 g/mol. The second-order valence-corrected chi connectivity index (χ2v) is 8.30. The molecule has 0 radical (unpaired) electrons. The van der Waals surface area contributed by atoms with Gasteiger partial charge in [0.2, 0.25) is 11.8 Å². The number of piperidine rings is 2. The van der Waals surface area contributed by atoms with Crippen LogP contribution in [0.4, 0.5) is 0 Å². The van der Waals surface area contributed by atoms with Crippen LogP contribution in [0, 0.1) is 11.8 Å². The van der Waals surface area contributed by atoms with Gasteiger partial charge in [0.25, 0.3) is 0 Å². The van der Waals surface area contributed by atoms with Crippen molar-refractivity contribution in [2.24, 2.45) is 11.8 Å². The number of morpholine rings is 1. The number of fused-ring (bicyclic) bond motifs is 2. The highest BCUT2D eigenvalue weighted by molar-refractivity contribution is 5.81. The minimum atomic E-state index is -0.0139. The molecule has 4 aliphatic rings. The lowest BCUT2D eigenvalue weighted by Gasteiger charge is -2.37. The largest absolute Gasteiger partial charge is 0.378 e. The van der Waals surface area contributed by atoms with Gasteiger partial charge in [-0.3, -0.25) is 9.59 Å². The summed E-state index contributed by atoms with van der Waals surface area (Å²) in [5, 5.41) is 3.65. The van der Waals surface area contributed by atoms with Gasteiger partial charge in [-0.1, -0.05) is 0 Å². The van der Waals surface area contributed by atoms with Crippen LogP contribution in [0.2, 0.25) is 0 Å². The van der Waals surface area contributed by atoms with Gasteiger partial charge in [-0.2, -0.15) is 0 Å². The molecule has 6 heteroatoms. The number of hydrogen-bond acceptors (Lipinski definition) is 4. The summed E-state index contributed by atoms with van der Waals surface area (Å²) in [6, 6.07) is 1.27. The molecular weight excluding hydrogens is 318 g/mol. The van der Waals surface area contributed by atoms with Gasteiger partial charge in [0.15, 0.2) is 0 Å². The first kappa shape index (κ1) is 17.3. The highest BCUT2D eigenvalue weighted by atomic mass is 16.5. The van der Waals surface area contributed by atoms with Gasteiger partial charge in [-0.25, -0.2) is 0 Å². The van der Waals surface area contributed by atoms with Crippen LogP contribution in [-0.4, -0.2) is 73.1 Å². The smallest absolute Gasteiger partial charge is 0.227 e. The molecule has 4 saturated heterocycles. The fourth-order valence-electron chi connectivity index (χ4n) is 5.17. The molecule has 0 aromatic carbocycles. The maximum absolute atomic E-state index is 12.8. The van der Waals surface area contributed by atoms with Crippen molar-refractivity contribution in [1.82, 2.24) is 15.1 Å². The SMILES string of the molecule is O=C(CC1CC2CCC(C1)N2)N1CCCC(C(=O)N2CCOCC2)C1. The zero-order valence-electron chi connectivity index (χ0n) is 15.1. The van der Waals surface area contributed by atoms with Crippen molar-refractivity contribution >= 4 is 11.8 Å². The van der Waals surface area contributed by atoms with E-state index in [0.29, 0.717) is 57.3 Å². The Morgan fingerprint density at radius 1 is 0.960 bits per heavy atom. The minimum Gasteiger partial charge on any atom is -0.378 e. The van der Waals surface area contributed by atoms with Crippen LogP contribution in [0.5, 0.6) is 0 Å². The number of ether oxygens (including phenoxy) is 1. The third-order valence-electron chi connectivity index (χ3n) is 6.48. The Labute approximate surface area is 150 Å². The summed E-state index contributed by atoms with van der Waals surface area (Å²) in [6.45, 7) is 4.11. The van der Waals surface area contributed by atoms with Crippen LogP contribution in [-0.2, 0) is 14.3 Å². The van der Waals surface area contributed by atoms with Gasteiger partial charge in [0, 0.05) is 44.7 Å². The topological polar surface area (TPSA) is 61.9 Å². The van der Waals surface area contributed by atoms with E-state index in [4.69, 9.17) is 4.74 Å². The molecular formula is C19H31N3O3. The van der Waals surface area contributed by atoms with Crippen LogP contribution in [0.3, 0.4) is 0 Å². The molecule has 0 aliphatic carbocycles. The average molecular weight is 349 g/mol. The standard InChI is InChI=1S/C19H31N3O3/c23-18(12-14-10-16-3-4-17(11-14)20-16)22-5-1-2-15(13-22)19(24)21-6-8-25-9-7-21/h14-17,20H,1-13H2. The van der Waals surface area contributed by atoms with Crippen molar-refractivity contribution in [3.8, 4) is 0 Å². The highest BCUT2D eigenvalue weighted by Gasteiger charge is 2.36. The number of rotatable bonds is 3. The van der Waals surface area contributed by atoms with Crippen molar-refractivity contribution < 1.29 is 14.3 Å². The first-order valence-electron chi connectivity index (χ1n) is 10.1. The van der Waals surface area contributed by atoms with Crippen molar-refractivity contribution in [2.75, 3.05) is 39.4 Å². The molecule has 0 aromatic heterocycles. The molecule has 1 N–H and O–H groups in total. The number of carbonyl (C=O) groups is 2. The first-order chi connectivity index (χ1) is 12.2. The zero-order valence-corrected chi connectivity index (χ0v) is 15.1. The van der Waals surface area contributed by atoms with Crippen LogP contribution >= 0.6 is 0 Å². The molecule has 6 nitrogen and oxygen atoms in total. The number of carbonyl (C=O) groups excluding carboxylic acids is 2. The Morgan fingerprint density at radius 3 is 2.40 bits per heavy atom. The number of nitrogens with one attached hydrogen (secondary N) is 1. The molecule has 2 bridgehead atoms. The predicted octanol–water partition coefficient (Wildman–Crippen LogP) is 1.00. The molecule has 4 fully saturated rings. The van der Waals surface area contributed by atoms with Crippen molar-refractivity contribution in [2.45, 2.75) is 57.0 Å². The Kier molecular flexibility index (Phi) is 5.27. The zero-order chi connectivity index (χ0) is 17.2. The fourth-order valence-corrected chi connectivity index (χ4v) is 5.17. The second kappa shape index (κ2) is 7.62. The average Bonchev–Trinajstić information content (AvgIpc) is 3.00. The van der Waals surface area contributed by atoms with Crippen LogP contribution in [0.15, 0.2) is 0 Å². The highest BCUT2D eigenvalue weighted by Crippen LogP contribution is 2.33. The maximum Gasteiger partial charge on any atom is 0.227 e. The molecule has 3 atom stereocenters. The molecule has 3 unspecified atom stereocenters. The minimum absolute atomic E-state index is 0.0139. The van der Waals surface area contributed by atoms with E-state index in [2.05, 4.69) is 5.32 Å². The molecule has 4 heterocycles. The number of hydrogen-bond donors (Lipinski definition) is 1. The summed E-state index contributed by atoms with van der Waals surface area (Å²) in [7, 11) is 0. The van der Waals surface area contributed by atoms with E-state index < -0.39 is 0 Å². The summed E-state index contributed by atoms with van der Waals surface area (Å²) >= 11 is 0. The van der Waals surface area contributed by atoms with E-state index in [-0.39, 0.29) is 17.7 Å². The van der Waals surface area contributed by atoms with Gasteiger partial charge in [0.05, 0.1) is 19.1 Å². The number of amides is 2. The molecule has 25 heavy (non-hydrogen) atoms. The van der Waals surface area contributed by atoms with Gasteiger partial charge in [-0.05, 0) is 44.4 Å². The summed E-state index contributed by atoms with van der Waals surface area (Å²) in [5.41, 5.74) is 0.